The van der Waals surface area contributed by atoms with Crippen molar-refractivity contribution >= 4 is 10.1 Å². The van der Waals surface area contributed by atoms with Gasteiger partial charge in [0.2, 0.25) is 0 Å². The number of methoxy groups -OCH3 is 1. The molecule has 0 aromatic heterocycles. The molecule has 0 amide bonds. The number of benzene rings is 2. The number of piperidine rings is 1. The van der Waals surface area contributed by atoms with Crippen molar-refractivity contribution in [3.63, 3.8) is 0 Å². The van der Waals surface area contributed by atoms with E-state index >= 15 is 0 Å². The first-order valence-corrected chi connectivity index (χ1v) is 12.0. The number of nitrogens with zero attached hydrogens (tertiary/aromatic N) is 1. The van der Waals surface area contributed by atoms with Gasteiger partial charge in [-0.2, -0.15) is 8.42 Å². The van der Waals surface area contributed by atoms with Crippen LogP contribution in [0.4, 0.5) is 0 Å². The molecule has 7 heteroatoms. The SMILES string of the molecule is COc1cccc(OCCCN2CCCC(COS(=O)(=O)Cc3ccccc3)C2)c1. The maximum atomic E-state index is 12.3. The molecular formula is C23H31NO5S. The highest BCUT2D eigenvalue weighted by molar-refractivity contribution is 7.85. The average Bonchev–Trinajstić information content (AvgIpc) is 2.76. The third-order valence-corrected chi connectivity index (χ3v) is 6.38. The van der Waals surface area contributed by atoms with Gasteiger partial charge >= 0.3 is 0 Å². The summed E-state index contributed by atoms with van der Waals surface area (Å²) in [6.45, 7) is 3.71. The second-order valence-corrected chi connectivity index (χ2v) is 9.30. The molecule has 1 saturated heterocycles. The Morgan fingerprint density at radius 2 is 1.87 bits per heavy atom. The summed E-state index contributed by atoms with van der Waals surface area (Å²) < 4.78 is 40.9. The zero-order valence-corrected chi connectivity index (χ0v) is 18.4. The Bertz CT molecular complexity index is 872. The molecule has 0 N–H and O–H groups in total. The molecule has 2 aromatic carbocycles. The summed E-state index contributed by atoms with van der Waals surface area (Å²) in [4.78, 5) is 2.37. The van der Waals surface area contributed by atoms with Crippen LogP contribution in [0.15, 0.2) is 54.6 Å². The molecule has 164 valence electrons. The molecule has 30 heavy (non-hydrogen) atoms. The van der Waals surface area contributed by atoms with Crippen molar-refractivity contribution in [2.75, 3.05) is 40.0 Å². The van der Waals surface area contributed by atoms with Crippen LogP contribution in [-0.2, 0) is 20.1 Å². The largest absolute Gasteiger partial charge is 0.497 e. The van der Waals surface area contributed by atoms with Crippen LogP contribution in [0.2, 0.25) is 0 Å². The Morgan fingerprint density at radius 1 is 1.07 bits per heavy atom. The monoisotopic (exact) mass is 433 g/mol. The average molecular weight is 434 g/mol. The normalized spacial score (nSPS) is 17.6. The minimum Gasteiger partial charge on any atom is -0.497 e. The van der Waals surface area contributed by atoms with Gasteiger partial charge in [-0.1, -0.05) is 36.4 Å². The summed E-state index contributed by atoms with van der Waals surface area (Å²) >= 11 is 0. The maximum Gasteiger partial charge on any atom is 0.271 e. The van der Waals surface area contributed by atoms with Gasteiger partial charge in [-0.15, -0.1) is 0 Å². The van der Waals surface area contributed by atoms with E-state index in [0.29, 0.717) is 6.61 Å². The fraction of sp³-hybridized carbons (Fsp3) is 0.478. The van der Waals surface area contributed by atoms with Crippen LogP contribution >= 0.6 is 0 Å². The van der Waals surface area contributed by atoms with Gasteiger partial charge in [0, 0.05) is 19.2 Å². The molecule has 1 heterocycles. The van der Waals surface area contributed by atoms with Crippen LogP contribution in [0.5, 0.6) is 11.5 Å². The quantitative estimate of drug-likeness (QED) is 0.397. The molecule has 1 unspecified atom stereocenters. The van der Waals surface area contributed by atoms with Gasteiger partial charge in [0.1, 0.15) is 17.3 Å². The molecule has 3 rings (SSSR count). The first-order valence-electron chi connectivity index (χ1n) is 10.4. The maximum absolute atomic E-state index is 12.3. The van der Waals surface area contributed by atoms with E-state index in [9.17, 15) is 8.42 Å². The van der Waals surface area contributed by atoms with E-state index in [0.717, 1.165) is 56.0 Å². The smallest absolute Gasteiger partial charge is 0.271 e. The number of hydrogen-bond donors (Lipinski definition) is 0. The van der Waals surface area contributed by atoms with Crippen LogP contribution in [0.25, 0.3) is 0 Å². The number of hydrogen-bond acceptors (Lipinski definition) is 6. The Morgan fingerprint density at radius 3 is 2.67 bits per heavy atom. The van der Waals surface area contributed by atoms with E-state index in [-0.39, 0.29) is 18.3 Å². The Kier molecular flexibility index (Phi) is 8.54. The predicted octanol–water partition coefficient (Wildman–Crippen LogP) is 3.72. The Balaban J connectivity index is 1.36. The summed E-state index contributed by atoms with van der Waals surface area (Å²) in [5.41, 5.74) is 0.749. The van der Waals surface area contributed by atoms with Crippen molar-refractivity contribution in [1.29, 1.82) is 0 Å². The lowest BCUT2D eigenvalue weighted by Gasteiger charge is -2.32. The molecule has 2 aromatic rings. The van der Waals surface area contributed by atoms with Gasteiger partial charge < -0.3 is 14.4 Å². The topological polar surface area (TPSA) is 65.1 Å². The Hall–Kier alpha value is -2.09. The molecule has 0 bridgehead atoms. The van der Waals surface area contributed by atoms with Crippen molar-refractivity contribution < 1.29 is 22.1 Å². The first-order chi connectivity index (χ1) is 14.5. The van der Waals surface area contributed by atoms with Crippen LogP contribution in [-0.4, -0.2) is 53.3 Å². The fourth-order valence-electron chi connectivity index (χ4n) is 3.68. The van der Waals surface area contributed by atoms with Gasteiger partial charge in [0.05, 0.1) is 20.3 Å². The molecule has 1 fully saturated rings. The molecule has 0 radical (unpaired) electrons. The summed E-state index contributed by atoms with van der Waals surface area (Å²) in [6, 6.07) is 16.8. The minimum absolute atomic E-state index is 0.0775. The van der Waals surface area contributed by atoms with Crippen LogP contribution in [0.1, 0.15) is 24.8 Å². The lowest BCUT2D eigenvalue weighted by atomic mass is 9.99. The van der Waals surface area contributed by atoms with E-state index in [1.54, 1.807) is 19.2 Å². The second-order valence-electron chi connectivity index (χ2n) is 7.66. The minimum atomic E-state index is -3.56. The third kappa shape index (κ3) is 7.63. The zero-order valence-electron chi connectivity index (χ0n) is 17.5. The molecule has 0 aliphatic carbocycles. The van der Waals surface area contributed by atoms with Crippen molar-refractivity contribution in [3.8, 4) is 11.5 Å². The molecule has 1 aliphatic heterocycles. The Labute approximate surface area is 179 Å². The number of ether oxygens (including phenoxy) is 2. The van der Waals surface area contributed by atoms with Crippen molar-refractivity contribution in [3.05, 3.63) is 60.2 Å². The van der Waals surface area contributed by atoms with Crippen molar-refractivity contribution in [2.45, 2.75) is 25.0 Å². The lowest BCUT2D eigenvalue weighted by molar-refractivity contribution is 0.126. The van der Waals surface area contributed by atoms with Crippen LogP contribution in [0.3, 0.4) is 0 Å². The summed E-state index contributed by atoms with van der Waals surface area (Å²) in [5.74, 6) is 1.76. The van der Waals surface area contributed by atoms with E-state index in [4.69, 9.17) is 13.7 Å². The molecule has 1 aliphatic rings. The zero-order chi connectivity index (χ0) is 21.2. The predicted molar refractivity (Wildman–Crippen MR) is 117 cm³/mol. The van der Waals surface area contributed by atoms with Gasteiger partial charge in [-0.25, -0.2) is 0 Å². The van der Waals surface area contributed by atoms with Gasteiger partial charge in [0.25, 0.3) is 10.1 Å². The lowest BCUT2D eigenvalue weighted by Crippen LogP contribution is -2.38. The molecular weight excluding hydrogens is 402 g/mol. The highest BCUT2D eigenvalue weighted by Gasteiger charge is 2.22. The van der Waals surface area contributed by atoms with Crippen molar-refractivity contribution in [1.82, 2.24) is 4.90 Å². The molecule has 6 nitrogen and oxygen atoms in total. The van der Waals surface area contributed by atoms with E-state index in [1.807, 2.05) is 42.5 Å². The van der Waals surface area contributed by atoms with Crippen LogP contribution < -0.4 is 9.47 Å². The van der Waals surface area contributed by atoms with Gasteiger partial charge in [0.15, 0.2) is 0 Å². The first kappa shape index (κ1) is 22.6. The number of likely N-dealkylation sites (tertiary alicyclic amines) is 1. The molecule has 0 saturated carbocycles. The van der Waals surface area contributed by atoms with E-state index in [2.05, 4.69) is 4.90 Å². The van der Waals surface area contributed by atoms with Gasteiger partial charge in [-0.05, 0) is 49.4 Å². The van der Waals surface area contributed by atoms with E-state index in [1.165, 1.54) is 0 Å². The molecule has 1 atom stereocenters. The highest BCUT2D eigenvalue weighted by atomic mass is 32.2. The second kappa shape index (κ2) is 11.3. The third-order valence-electron chi connectivity index (χ3n) is 5.20. The van der Waals surface area contributed by atoms with Crippen LogP contribution in [0, 0.1) is 5.92 Å². The number of rotatable bonds is 11. The summed E-state index contributed by atoms with van der Waals surface area (Å²) in [5, 5.41) is 0. The van der Waals surface area contributed by atoms with Gasteiger partial charge in [-0.3, -0.25) is 4.18 Å². The summed E-state index contributed by atoms with van der Waals surface area (Å²) in [6.07, 6.45) is 2.97. The fourth-order valence-corrected chi connectivity index (χ4v) is 4.76. The van der Waals surface area contributed by atoms with Crippen molar-refractivity contribution in [2.24, 2.45) is 5.92 Å². The van der Waals surface area contributed by atoms with E-state index < -0.39 is 10.1 Å². The standard InChI is InChI=1S/C23H31NO5S/c1-27-22-11-5-12-23(16-22)28-15-7-14-24-13-6-10-21(17-24)18-29-30(25,26)19-20-8-3-2-4-9-20/h2-5,8-9,11-12,16,21H,6-7,10,13-15,17-19H2,1H3. The molecule has 0 spiro atoms. The summed E-state index contributed by atoms with van der Waals surface area (Å²) in [7, 11) is -1.92. The highest BCUT2D eigenvalue weighted by Crippen LogP contribution is 2.20.